The van der Waals surface area contributed by atoms with E-state index in [1.807, 2.05) is 24.3 Å². The Kier molecular flexibility index (Phi) is 5.94. The third kappa shape index (κ3) is 5.25. The minimum absolute atomic E-state index is 0.00694. The zero-order valence-electron chi connectivity index (χ0n) is 11.5. The molecule has 0 heterocycles. The van der Waals surface area contributed by atoms with Gasteiger partial charge in [0.2, 0.25) is 5.91 Å². The molecule has 21 heavy (non-hydrogen) atoms. The molecule has 1 amide bonds. The maximum atomic E-state index is 11.8. The van der Waals surface area contributed by atoms with Gasteiger partial charge in [-0.15, -0.1) is 11.8 Å². The third-order valence-corrected chi connectivity index (χ3v) is 4.82. The molecule has 114 valence electrons. The van der Waals surface area contributed by atoms with Crippen molar-refractivity contribution in [3.05, 3.63) is 29.3 Å². The van der Waals surface area contributed by atoms with Gasteiger partial charge in [0.05, 0.1) is 5.92 Å². The molecule has 1 aliphatic rings. The number of halogens is 1. The third-order valence-electron chi connectivity index (χ3n) is 3.56. The van der Waals surface area contributed by atoms with Crippen LogP contribution in [0.25, 0.3) is 0 Å². The lowest BCUT2D eigenvalue weighted by atomic mass is 10.1. The number of amides is 1. The molecule has 2 atom stereocenters. The van der Waals surface area contributed by atoms with Gasteiger partial charge >= 0.3 is 5.97 Å². The Morgan fingerprint density at radius 1 is 1.29 bits per heavy atom. The molecule has 2 rings (SSSR count). The van der Waals surface area contributed by atoms with E-state index in [4.69, 9.17) is 16.7 Å². The van der Waals surface area contributed by atoms with E-state index >= 15 is 0 Å². The van der Waals surface area contributed by atoms with Crippen LogP contribution in [-0.2, 0) is 9.59 Å². The summed E-state index contributed by atoms with van der Waals surface area (Å²) < 4.78 is 0. The molecule has 0 unspecified atom stereocenters. The Labute approximate surface area is 133 Å². The Hall–Kier alpha value is -1.20. The second-order valence-corrected chi connectivity index (χ2v) is 6.77. The largest absolute Gasteiger partial charge is 0.481 e. The Morgan fingerprint density at radius 2 is 2.00 bits per heavy atom. The molecule has 1 fully saturated rings. The topological polar surface area (TPSA) is 66.4 Å². The Balaban J connectivity index is 1.66. The highest BCUT2D eigenvalue weighted by molar-refractivity contribution is 7.99. The first-order chi connectivity index (χ1) is 10.0. The summed E-state index contributed by atoms with van der Waals surface area (Å²) in [5, 5.41) is 12.5. The van der Waals surface area contributed by atoms with Crippen LogP contribution < -0.4 is 5.32 Å². The number of carboxylic acid groups (broad SMARTS) is 1. The predicted molar refractivity (Wildman–Crippen MR) is 83.7 cm³/mol. The van der Waals surface area contributed by atoms with E-state index in [0.29, 0.717) is 30.0 Å². The van der Waals surface area contributed by atoms with Gasteiger partial charge in [-0.1, -0.05) is 11.6 Å². The van der Waals surface area contributed by atoms with Gasteiger partial charge in [0.25, 0.3) is 0 Å². The smallest absolute Gasteiger partial charge is 0.306 e. The normalized spacial score (nSPS) is 21.2. The Bertz CT molecular complexity index is 506. The average molecular weight is 328 g/mol. The fourth-order valence-electron chi connectivity index (χ4n) is 2.43. The maximum absolute atomic E-state index is 11.8. The summed E-state index contributed by atoms with van der Waals surface area (Å²) in [4.78, 5) is 23.8. The van der Waals surface area contributed by atoms with Gasteiger partial charge in [-0.3, -0.25) is 9.59 Å². The first-order valence-electron chi connectivity index (χ1n) is 6.95. The van der Waals surface area contributed by atoms with Crippen molar-refractivity contribution in [2.75, 3.05) is 5.75 Å². The van der Waals surface area contributed by atoms with E-state index < -0.39 is 5.97 Å². The van der Waals surface area contributed by atoms with Crippen LogP contribution in [0.3, 0.4) is 0 Å². The second-order valence-electron chi connectivity index (χ2n) is 5.17. The first kappa shape index (κ1) is 16.2. The van der Waals surface area contributed by atoms with Gasteiger partial charge in [-0.2, -0.15) is 0 Å². The zero-order valence-corrected chi connectivity index (χ0v) is 13.1. The van der Waals surface area contributed by atoms with Crippen LogP contribution in [0.2, 0.25) is 5.02 Å². The molecule has 2 N–H and O–H groups in total. The van der Waals surface area contributed by atoms with Crippen LogP contribution in [-0.4, -0.2) is 28.8 Å². The maximum Gasteiger partial charge on any atom is 0.306 e. The summed E-state index contributed by atoms with van der Waals surface area (Å²) in [6, 6.07) is 7.53. The standard InChI is InChI=1S/C15H18ClNO3S/c16-11-2-5-13(6-3-11)21-8-7-14(18)17-12-4-1-10(9-12)15(19)20/h2-3,5-6,10,12H,1,4,7-9H2,(H,17,18)(H,19,20)/t10-,12+/m0/s1. The number of aliphatic carboxylic acids is 1. The number of hydrogen-bond acceptors (Lipinski definition) is 3. The molecular weight excluding hydrogens is 310 g/mol. The molecule has 0 bridgehead atoms. The second kappa shape index (κ2) is 7.71. The number of carboxylic acids is 1. The summed E-state index contributed by atoms with van der Waals surface area (Å²) in [6.45, 7) is 0. The van der Waals surface area contributed by atoms with Gasteiger partial charge in [-0.05, 0) is 43.5 Å². The van der Waals surface area contributed by atoms with Crippen molar-refractivity contribution in [3.63, 3.8) is 0 Å². The molecule has 6 heteroatoms. The van der Waals surface area contributed by atoms with Crippen LogP contribution >= 0.6 is 23.4 Å². The monoisotopic (exact) mass is 327 g/mol. The molecule has 0 aliphatic heterocycles. The lowest BCUT2D eigenvalue weighted by Crippen LogP contribution is -2.33. The van der Waals surface area contributed by atoms with Crippen LogP contribution in [0.15, 0.2) is 29.2 Å². The van der Waals surface area contributed by atoms with Crippen molar-refractivity contribution in [2.45, 2.75) is 36.6 Å². The number of rotatable bonds is 6. The van der Waals surface area contributed by atoms with E-state index in [2.05, 4.69) is 5.32 Å². The highest BCUT2D eigenvalue weighted by atomic mass is 35.5. The van der Waals surface area contributed by atoms with Crippen molar-refractivity contribution in [3.8, 4) is 0 Å². The van der Waals surface area contributed by atoms with E-state index in [0.717, 1.165) is 11.3 Å². The van der Waals surface area contributed by atoms with Crippen LogP contribution in [0.5, 0.6) is 0 Å². The summed E-state index contributed by atoms with van der Waals surface area (Å²) in [5.74, 6) is -0.376. The van der Waals surface area contributed by atoms with Gasteiger partial charge in [0, 0.05) is 28.1 Å². The number of thioether (sulfide) groups is 1. The highest BCUT2D eigenvalue weighted by Crippen LogP contribution is 2.26. The van der Waals surface area contributed by atoms with Gasteiger partial charge < -0.3 is 10.4 Å². The molecule has 1 aromatic carbocycles. The van der Waals surface area contributed by atoms with Crippen molar-refractivity contribution in [1.82, 2.24) is 5.32 Å². The minimum atomic E-state index is -0.759. The van der Waals surface area contributed by atoms with Crippen LogP contribution in [0.1, 0.15) is 25.7 Å². The lowest BCUT2D eigenvalue weighted by Gasteiger charge is -2.12. The molecule has 0 spiro atoms. The highest BCUT2D eigenvalue weighted by Gasteiger charge is 2.30. The van der Waals surface area contributed by atoms with Crippen LogP contribution in [0, 0.1) is 5.92 Å². The SMILES string of the molecule is O=C(CCSc1ccc(Cl)cc1)N[C@@H]1CC[C@H](C(=O)O)C1. The molecule has 1 saturated carbocycles. The quantitative estimate of drug-likeness (QED) is 0.787. The zero-order chi connectivity index (χ0) is 15.2. The fraction of sp³-hybridized carbons (Fsp3) is 0.467. The molecular formula is C15H18ClNO3S. The van der Waals surface area contributed by atoms with Gasteiger partial charge in [0.15, 0.2) is 0 Å². The van der Waals surface area contributed by atoms with E-state index in [-0.39, 0.29) is 17.9 Å². The van der Waals surface area contributed by atoms with Crippen LogP contribution in [0.4, 0.5) is 0 Å². The van der Waals surface area contributed by atoms with Crippen molar-refractivity contribution in [1.29, 1.82) is 0 Å². The molecule has 0 aromatic heterocycles. The van der Waals surface area contributed by atoms with Gasteiger partial charge in [-0.25, -0.2) is 0 Å². The summed E-state index contributed by atoms with van der Waals surface area (Å²) in [5.41, 5.74) is 0. The number of nitrogens with one attached hydrogen (secondary N) is 1. The number of benzene rings is 1. The molecule has 0 radical (unpaired) electrons. The Morgan fingerprint density at radius 3 is 2.62 bits per heavy atom. The predicted octanol–water partition coefficient (Wildman–Crippen LogP) is 3.19. The first-order valence-corrected chi connectivity index (χ1v) is 8.31. The average Bonchev–Trinajstić information content (AvgIpc) is 2.90. The number of hydrogen-bond donors (Lipinski definition) is 2. The van der Waals surface area contributed by atoms with Crippen molar-refractivity contribution >= 4 is 35.2 Å². The van der Waals surface area contributed by atoms with E-state index in [1.165, 1.54) is 0 Å². The van der Waals surface area contributed by atoms with E-state index in [9.17, 15) is 9.59 Å². The number of carbonyl (C=O) groups is 2. The molecule has 0 saturated heterocycles. The van der Waals surface area contributed by atoms with Crippen molar-refractivity contribution < 1.29 is 14.7 Å². The molecule has 1 aliphatic carbocycles. The minimum Gasteiger partial charge on any atom is -0.481 e. The summed E-state index contributed by atoms with van der Waals surface area (Å²) >= 11 is 7.42. The molecule has 1 aromatic rings. The summed E-state index contributed by atoms with van der Waals surface area (Å²) in [6.07, 6.45) is 2.39. The van der Waals surface area contributed by atoms with E-state index in [1.54, 1.807) is 11.8 Å². The summed E-state index contributed by atoms with van der Waals surface area (Å²) in [7, 11) is 0. The fourth-order valence-corrected chi connectivity index (χ4v) is 3.41. The van der Waals surface area contributed by atoms with Crippen molar-refractivity contribution in [2.24, 2.45) is 5.92 Å². The molecule has 4 nitrogen and oxygen atoms in total. The van der Waals surface area contributed by atoms with Gasteiger partial charge in [0.1, 0.15) is 0 Å². The number of carbonyl (C=O) groups excluding carboxylic acids is 1. The lowest BCUT2D eigenvalue weighted by molar-refractivity contribution is -0.141.